The first kappa shape index (κ1) is 14.1. The van der Waals surface area contributed by atoms with Crippen molar-refractivity contribution < 1.29 is 4.42 Å². The number of anilines is 1. The van der Waals surface area contributed by atoms with Crippen LogP contribution in [0.15, 0.2) is 33.2 Å². The number of nitrogens with two attached hydrogens (primary N) is 1. The van der Waals surface area contributed by atoms with Crippen LogP contribution in [-0.4, -0.2) is 15.0 Å². The number of aryl methyl sites for hydroxylation is 2. The van der Waals surface area contributed by atoms with Crippen LogP contribution in [-0.2, 0) is 5.75 Å². The summed E-state index contributed by atoms with van der Waals surface area (Å²) in [6, 6.07) is 5.63. The van der Waals surface area contributed by atoms with Crippen molar-refractivity contribution in [1.82, 2.24) is 15.0 Å². The zero-order chi connectivity index (χ0) is 14.8. The van der Waals surface area contributed by atoms with E-state index in [-0.39, 0.29) is 0 Å². The third kappa shape index (κ3) is 3.43. The van der Waals surface area contributed by atoms with E-state index in [1.54, 1.807) is 17.4 Å². The summed E-state index contributed by atoms with van der Waals surface area (Å²) in [7, 11) is 0. The van der Waals surface area contributed by atoms with Crippen LogP contribution in [0.5, 0.6) is 0 Å². The highest BCUT2D eigenvalue weighted by molar-refractivity contribution is 7.98. The van der Waals surface area contributed by atoms with Crippen LogP contribution < -0.4 is 5.73 Å². The van der Waals surface area contributed by atoms with Gasteiger partial charge in [0.1, 0.15) is 11.6 Å². The summed E-state index contributed by atoms with van der Waals surface area (Å²) in [6.07, 6.45) is 0. The number of rotatable bonds is 4. The molecule has 0 aliphatic heterocycles. The van der Waals surface area contributed by atoms with Crippen LogP contribution in [0.3, 0.4) is 0 Å². The third-order valence-electron chi connectivity index (χ3n) is 2.71. The standard InChI is InChI=1S/C14H14N4OS2/c1-8-5-12(15)18-14(16-8)21-7-10-6-20-13(17-10)11-4-3-9(2)19-11/h3-6H,7H2,1-2H3,(H2,15,16,18). The minimum atomic E-state index is 0.495. The Balaban J connectivity index is 1.70. The van der Waals surface area contributed by atoms with Gasteiger partial charge in [-0.2, -0.15) is 0 Å². The predicted octanol–water partition coefficient (Wildman–Crippen LogP) is 3.68. The monoisotopic (exact) mass is 318 g/mol. The molecule has 0 aromatic carbocycles. The Morgan fingerprint density at radius 3 is 2.81 bits per heavy atom. The van der Waals surface area contributed by atoms with Crippen LogP contribution in [0.2, 0.25) is 0 Å². The molecule has 0 aliphatic rings. The molecule has 3 heterocycles. The van der Waals surface area contributed by atoms with Crippen molar-refractivity contribution in [3.63, 3.8) is 0 Å². The first-order valence-electron chi connectivity index (χ1n) is 6.35. The van der Waals surface area contributed by atoms with Gasteiger partial charge in [0.05, 0.1) is 5.69 Å². The molecular weight excluding hydrogens is 304 g/mol. The molecule has 5 nitrogen and oxygen atoms in total. The topological polar surface area (TPSA) is 77.8 Å². The maximum Gasteiger partial charge on any atom is 0.190 e. The van der Waals surface area contributed by atoms with E-state index in [0.29, 0.717) is 16.7 Å². The van der Waals surface area contributed by atoms with Crippen molar-refractivity contribution in [3.05, 3.63) is 40.7 Å². The number of nitrogen functional groups attached to an aromatic ring is 1. The second-order valence-corrected chi connectivity index (χ2v) is 6.36. The average molecular weight is 318 g/mol. The highest BCUT2D eigenvalue weighted by atomic mass is 32.2. The molecule has 2 N–H and O–H groups in total. The van der Waals surface area contributed by atoms with Crippen molar-refractivity contribution >= 4 is 28.9 Å². The Hall–Kier alpha value is -1.86. The van der Waals surface area contributed by atoms with E-state index in [2.05, 4.69) is 15.0 Å². The fraction of sp³-hybridized carbons (Fsp3) is 0.214. The van der Waals surface area contributed by atoms with E-state index < -0.39 is 0 Å². The van der Waals surface area contributed by atoms with E-state index >= 15 is 0 Å². The molecule has 0 radical (unpaired) electrons. The summed E-state index contributed by atoms with van der Waals surface area (Å²) in [4.78, 5) is 13.1. The second kappa shape index (κ2) is 5.87. The summed E-state index contributed by atoms with van der Waals surface area (Å²) in [5.74, 6) is 2.90. The maximum absolute atomic E-state index is 5.72. The number of thioether (sulfide) groups is 1. The van der Waals surface area contributed by atoms with Crippen molar-refractivity contribution in [3.8, 4) is 10.8 Å². The molecular formula is C14H14N4OS2. The van der Waals surface area contributed by atoms with Gasteiger partial charge in [-0.15, -0.1) is 11.3 Å². The highest BCUT2D eigenvalue weighted by Crippen LogP contribution is 2.28. The molecule has 21 heavy (non-hydrogen) atoms. The fourth-order valence-electron chi connectivity index (χ4n) is 1.80. The smallest absolute Gasteiger partial charge is 0.190 e. The van der Waals surface area contributed by atoms with Crippen LogP contribution in [0.1, 0.15) is 17.1 Å². The molecule has 0 aliphatic carbocycles. The Bertz CT molecular complexity index is 746. The average Bonchev–Trinajstić information content (AvgIpc) is 3.04. The zero-order valence-corrected chi connectivity index (χ0v) is 13.3. The summed E-state index contributed by atoms with van der Waals surface area (Å²) < 4.78 is 5.58. The van der Waals surface area contributed by atoms with Crippen molar-refractivity contribution in [1.29, 1.82) is 0 Å². The van der Waals surface area contributed by atoms with Gasteiger partial charge in [0.15, 0.2) is 15.9 Å². The molecule has 7 heteroatoms. The van der Waals surface area contributed by atoms with E-state index in [1.807, 2.05) is 31.4 Å². The van der Waals surface area contributed by atoms with Gasteiger partial charge in [-0.25, -0.2) is 15.0 Å². The van der Waals surface area contributed by atoms with Crippen molar-refractivity contribution in [2.75, 3.05) is 5.73 Å². The van der Waals surface area contributed by atoms with Gasteiger partial charge >= 0.3 is 0 Å². The summed E-state index contributed by atoms with van der Waals surface area (Å²) >= 11 is 3.10. The number of furan rings is 1. The second-order valence-electron chi connectivity index (χ2n) is 4.56. The van der Waals surface area contributed by atoms with Crippen molar-refractivity contribution in [2.24, 2.45) is 0 Å². The highest BCUT2D eigenvalue weighted by Gasteiger charge is 2.09. The van der Waals surface area contributed by atoms with E-state index in [1.165, 1.54) is 11.8 Å². The number of thiazole rings is 1. The summed E-state index contributed by atoms with van der Waals surface area (Å²) in [6.45, 7) is 3.83. The Labute approximate surface area is 130 Å². The number of aromatic nitrogens is 3. The molecule has 3 rings (SSSR count). The van der Waals surface area contributed by atoms with Gasteiger partial charge in [-0.3, -0.25) is 0 Å². The molecule has 0 unspecified atom stereocenters. The molecule has 0 saturated carbocycles. The zero-order valence-electron chi connectivity index (χ0n) is 11.7. The Morgan fingerprint density at radius 2 is 2.10 bits per heavy atom. The largest absolute Gasteiger partial charge is 0.459 e. The molecule has 3 aromatic heterocycles. The van der Waals surface area contributed by atoms with Crippen LogP contribution >= 0.6 is 23.1 Å². The predicted molar refractivity (Wildman–Crippen MR) is 85.3 cm³/mol. The van der Waals surface area contributed by atoms with E-state index in [4.69, 9.17) is 10.2 Å². The van der Waals surface area contributed by atoms with Gasteiger partial charge in [0.25, 0.3) is 0 Å². The maximum atomic E-state index is 5.72. The third-order valence-corrected chi connectivity index (χ3v) is 4.49. The lowest BCUT2D eigenvalue weighted by Gasteiger charge is -2.01. The van der Waals surface area contributed by atoms with Crippen LogP contribution in [0.25, 0.3) is 10.8 Å². The van der Waals surface area contributed by atoms with Gasteiger partial charge in [0, 0.05) is 22.9 Å². The SMILES string of the molecule is Cc1cc(N)nc(SCc2csc(-c3ccc(C)o3)n2)n1. The van der Waals surface area contributed by atoms with Crippen LogP contribution in [0, 0.1) is 13.8 Å². The van der Waals surface area contributed by atoms with Gasteiger partial charge in [-0.05, 0) is 26.0 Å². The summed E-state index contributed by atoms with van der Waals surface area (Å²) in [5.41, 5.74) is 7.57. The molecule has 0 atom stereocenters. The fourth-order valence-corrected chi connectivity index (χ4v) is 3.49. The first-order chi connectivity index (χ1) is 10.1. The molecule has 0 bridgehead atoms. The summed E-state index contributed by atoms with van der Waals surface area (Å²) in [5, 5.41) is 3.60. The van der Waals surface area contributed by atoms with E-state index in [0.717, 1.165) is 27.9 Å². The Kier molecular flexibility index (Phi) is 3.94. The first-order valence-corrected chi connectivity index (χ1v) is 8.22. The number of hydrogen-bond donors (Lipinski definition) is 1. The molecule has 3 aromatic rings. The van der Waals surface area contributed by atoms with E-state index in [9.17, 15) is 0 Å². The lowest BCUT2D eigenvalue weighted by molar-refractivity contribution is 0.548. The van der Waals surface area contributed by atoms with Gasteiger partial charge in [0.2, 0.25) is 0 Å². The molecule has 0 fully saturated rings. The number of hydrogen-bond acceptors (Lipinski definition) is 7. The minimum Gasteiger partial charge on any atom is -0.459 e. The molecule has 0 saturated heterocycles. The Morgan fingerprint density at radius 1 is 1.24 bits per heavy atom. The lowest BCUT2D eigenvalue weighted by Crippen LogP contribution is -1.96. The molecule has 0 spiro atoms. The van der Waals surface area contributed by atoms with Gasteiger partial charge < -0.3 is 10.2 Å². The number of nitrogens with zero attached hydrogens (tertiary/aromatic N) is 3. The van der Waals surface area contributed by atoms with Crippen molar-refractivity contribution in [2.45, 2.75) is 24.8 Å². The van der Waals surface area contributed by atoms with Gasteiger partial charge in [-0.1, -0.05) is 11.8 Å². The lowest BCUT2D eigenvalue weighted by atomic mass is 10.4. The van der Waals surface area contributed by atoms with Crippen LogP contribution in [0.4, 0.5) is 5.82 Å². The minimum absolute atomic E-state index is 0.495. The quantitative estimate of drug-likeness (QED) is 0.584. The normalized spacial score (nSPS) is 11.0. The molecule has 0 amide bonds. The molecule has 108 valence electrons.